The van der Waals surface area contributed by atoms with Gasteiger partial charge in [-0.25, -0.2) is 0 Å². The van der Waals surface area contributed by atoms with Gasteiger partial charge in [0.2, 0.25) is 0 Å². The van der Waals surface area contributed by atoms with Gasteiger partial charge >= 0.3 is 0 Å². The minimum absolute atomic E-state index is 0.0164. The predicted molar refractivity (Wildman–Crippen MR) is 109 cm³/mol. The van der Waals surface area contributed by atoms with E-state index in [1.807, 2.05) is 10.6 Å². The van der Waals surface area contributed by atoms with E-state index in [1.54, 1.807) is 20.4 Å². The van der Waals surface area contributed by atoms with Crippen LogP contribution in [0.1, 0.15) is 35.8 Å². The van der Waals surface area contributed by atoms with Crippen LogP contribution >= 0.6 is 0 Å². The average molecular weight is 385 g/mol. The van der Waals surface area contributed by atoms with Gasteiger partial charge in [0.15, 0.2) is 5.43 Å². The Kier molecular flexibility index (Phi) is 5.74. The number of nitrogens with two attached hydrogens (primary N) is 1. The summed E-state index contributed by atoms with van der Waals surface area (Å²) < 4.78 is 12.7. The van der Waals surface area contributed by atoms with E-state index in [9.17, 15) is 9.59 Å². The zero-order valence-corrected chi connectivity index (χ0v) is 16.7. The fourth-order valence-electron chi connectivity index (χ4n) is 3.73. The number of anilines is 1. The molecule has 0 saturated carbocycles. The Morgan fingerprint density at radius 2 is 2.07 bits per heavy atom. The first kappa shape index (κ1) is 19.9. The first-order valence-electron chi connectivity index (χ1n) is 9.37. The molecule has 3 N–H and O–H groups in total. The molecule has 0 bridgehead atoms. The van der Waals surface area contributed by atoms with Gasteiger partial charge in [0.05, 0.1) is 25.1 Å². The van der Waals surface area contributed by atoms with Crippen molar-refractivity contribution in [2.45, 2.75) is 26.3 Å². The molecular formula is C21H27N3O4. The van der Waals surface area contributed by atoms with Gasteiger partial charge in [-0.1, -0.05) is 13.8 Å². The van der Waals surface area contributed by atoms with Crippen molar-refractivity contribution in [1.82, 2.24) is 4.57 Å². The number of primary amides is 1. The lowest BCUT2D eigenvalue weighted by atomic mass is 9.87. The number of methoxy groups -OCH3 is 2. The molecule has 1 aliphatic heterocycles. The molecule has 1 aromatic heterocycles. The van der Waals surface area contributed by atoms with Crippen LogP contribution in [-0.4, -0.2) is 37.8 Å². The summed E-state index contributed by atoms with van der Waals surface area (Å²) in [5.74, 6) is 0.293. The highest BCUT2D eigenvalue weighted by atomic mass is 16.5. The molecule has 2 heterocycles. The van der Waals surface area contributed by atoms with E-state index in [1.165, 1.54) is 6.07 Å². The van der Waals surface area contributed by atoms with Crippen LogP contribution in [0.3, 0.4) is 0 Å². The first-order valence-corrected chi connectivity index (χ1v) is 9.37. The lowest BCUT2D eigenvalue weighted by Crippen LogP contribution is -2.30. The maximum atomic E-state index is 12.4. The molecule has 1 unspecified atom stereocenters. The minimum Gasteiger partial charge on any atom is -0.495 e. The number of carbonyl (C=O) groups excluding carboxylic acids is 1. The van der Waals surface area contributed by atoms with Crippen LogP contribution in [0.15, 0.2) is 29.2 Å². The summed E-state index contributed by atoms with van der Waals surface area (Å²) >= 11 is 0. The Bertz CT molecular complexity index is 949. The number of aromatic nitrogens is 1. The number of hydrogen-bond donors (Lipinski definition) is 2. The molecule has 28 heavy (non-hydrogen) atoms. The van der Waals surface area contributed by atoms with Crippen LogP contribution in [0, 0.1) is 5.92 Å². The molecule has 7 heteroatoms. The number of nitrogens with zero attached hydrogens (tertiary/aromatic N) is 1. The summed E-state index contributed by atoms with van der Waals surface area (Å²) in [6.07, 6.45) is 2.38. The van der Waals surface area contributed by atoms with Gasteiger partial charge in [0.1, 0.15) is 11.3 Å². The zero-order valence-electron chi connectivity index (χ0n) is 16.7. The predicted octanol–water partition coefficient (Wildman–Crippen LogP) is 2.43. The van der Waals surface area contributed by atoms with Crippen LogP contribution < -0.4 is 21.2 Å². The first-order chi connectivity index (χ1) is 13.4. The summed E-state index contributed by atoms with van der Waals surface area (Å²) in [4.78, 5) is 24.1. The normalized spacial score (nSPS) is 15.1. The van der Waals surface area contributed by atoms with Crippen LogP contribution in [0.5, 0.6) is 5.75 Å². The molecule has 7 nitrogen and oxygen atoms in total. The van der Waals surface area contributed by atoms with Crippen molar-refractivity contribution in [2.75, 3.05) is 32.7 Å². The number of ether oxygens (including phenoxy) is 2. The number of rotatable bonds is 7. The third-order valence-corrected chi connectivity index (χ3v) is 5.22. The van der Waals surface area contributed by atoms with Crippen molar-refractivity contribution in [1.29, 1.82) is 0 Å². The smallest absolute Gasteiger partial charge is 0.254 e. The van der Waals surface area contributed by atoms with Gasteiger partial charge in [-0.2, -0.15) is 0 Å². The van der Waals surface area contributed by atoms with Gasteiger partial charge in [0, 0.05) is 37.5 Å². The fourth-order valence-corrected chi connectivity index (χ4v) is 3.73. The summed E-state index contributed by atoms with van der Waals surface area (Å²) in [5.41, 5.74) is 8.78. The molecule has 0 spiro atoms. The summed E-state index contributed by atoms with van der Waals surface area (Å²) in [5, 5.41) is 3.34. The van der Waals surface area contributed by atoms with E-state index in [2.05, 4.69) is 25.2 Å². The molecule has 1 aromatic carbocycles. The SMILES string of the molecule is COCCNc1cc2c(cc1OC)-c1cc(=O)c(C(N)=O)cn1C(C(C)C)C2. The molecule has 0 fully saturated rings. The van der Waals surface area contributed by atoms with Gasteiger partial charge in [-0.3, -0.25) is 9.59 Å². The number of fused-ring (bicyclic) bond motifs is 3. The summed E-state index contributed by atoms with van der Waals surface area (Å²) in [7, 11) is 3.28. The van der Waals surface area contributed by atoms with E-state index in [0.717, 1.165) is 28.9 Å². The van der Waals surface area contributed by atoms with Gasteiger partial charge < -0.3 is 25.1 Å². The second kappa shape index (κ2) is 8.06. The topological polar surface area (TPSA) is 95.6 Å². The standard InChI is InChI=1S/C21H27N3O4/c1-12(2)17-8-13-7-16(23-5-6-27-3)20(28-4)9-14(13)18-10-19(25)15(21(22)26)11-24(17)18/h7,9-12,17,23H,5-6,8H2,1-4H3,(H2,22,26). The van der Waals surface area contributed by atoms with Gasteiger partial charge in [0.25, 0.3) is 5.91 Å². The zero-order chi connectivity index (χ0) is 20.4. The van der Waals surface area contributed by atoms with Crippen LogP contribution in [0.2, 0.25) is 0 Å². The number of nitrogens with one attached hydrogen (secondary N) is 1. The molecule has 0 radical (unpaired) electrons. The lowest BCUT2D eigenvalue weighted by molar-refractivity contribution is 0.0998. The second-order valence-electron chi connectivity index (χ2n) is 7.35. The Balaban J connectivity index is 2.17. The number of pyridine rings is 1. The van der Waals surface area contributed by atoms with Crippen molar-refractivity contribution in [3.63, 3.8) is 0 Å². The summed E-state index contributed by atoms with van der Waals surface area (Å²) in [6, 6.07) is 5.64. The second-order valence-corrected chi connectivity index (χ2v) is 7.35. The Labute approximate surface area is 164 Å². The van der Waals surface area contributed by atoms with E-state index in [0.29, 0.717) is 24.8 Å². The number of benzene rings is 1. The Hall–Kier alpha value is -2.80. The van der Waals surface area contributed by atoms with Gasteiger partial charge in [-0.05, 0) is 30.0 Å². The minimum atomic E-state index is -0.705. The van der Waals surface area contributed by atoms with Crippen molar-refractivity contribution in [2.24, 2.45) is 11.7 Å². The Morgan fingerprint density at radius 3 is 2.68 bits per heavy atom. The van der Waals surface area contributed by atoms with E-state index in [-0.39, 0.29) is 17.0 Å². The molecule has 3 rings (SSSR count). The van der Waals surface area contributed by atoms with Crippen molar-refractivity contribution >= 4 is 11.6 Å². The van der Waals surface area contributed by atoms with Crippen LogP contribution in [-0.2, 0) is 11.2 Å². The van der Waals surface area contributed by atoms with Crippen molar-refractivity contribution in [3.05, 3.63) is 45.7 Å². The third kappa shape index (κ3) is 3.62. The molecule has 1 amide bonds. The van der Waals surface area contributed by atoms with E-state index < -0.39 is 5.91 Å². The van der Waals surface area contributed by atoms with E-state index in [4.69, 9.17) is 15.2 Å². The summed E-state index contributed by atoms with van der Waals surface area (Å²) in [6.45, 7) is 5.51. The van der Waals surface area contributed by atoms with Crippen LogP contribution in [0.25, 0.3) is 11.3 Å². The maximum Gasteiger partial charge on any atom is 0.254 e. The van der Waals surface area contributed by atoms with Crippen LogP contribution in [0.4, 0.5) is 5.69 Å². The number of hydrogen-bond acceptors (Lipinski definition) is 5. The quantitative estimate of drug-likeness (QED) is 0.714. The third-order valence-electron chi connectivity index (χ3n) is 5.22. The highest BCUT2D eigenvalue weighted by molar-refractivity contribution is 5.92. The average Bonchev–Trinajstić information content (AvgIpc) is 2.66. The monoisotopic (exact) mass is 385 g/mol. The van der Waals surface area contributed by atoms with E-state index >= 15 is 0 Å². The molecular weight excluding hydrogens is 358 g/mol. The Morgan fingerprint density at radius 1 is 1.32 bits per heavy atom. The molecule has 0 aliphatic carbocycles. The van der Waals surface area contributed by atoms with Crippen molar-refractivity contribution in [3.8, 4) is 17.0 Å². The molecule has 1 aliphatic rings. The highest BCUT2D eigenvalue weighted by Gasteiger charge is 2.28. The van der Waals surface area contributed by atoms with Gasteiger partial charge in [-0.15, -0.1) is 0 Å². The molecule has 1 atom stereocenters. The highest BCUT2D eigenvalue weighted by Crippen LogP contribution is 2.41. The molecule has 2 aromatic rings. The fraction of sp³-hybridized carbons (Fsp3) is 0.429. The maximum absolute atomic E-state index is 12.4. The molecule has 0 saturated heterocycles. The number of amides is 1. The molecule has 150 valence electrons. The van der Waals surface area contributed by atoms with Crippen molar-refractivity contribution < 1.29 is 14.3 Å². The lowest BCUT2D eigenvalue weighted by Gasteiger charge is -2.34. The largest absolute Gasteiger partial charge is 0.495 e. The number of carbonyl (C=O) groups is 1.